The summed E-state index contributed by atoms with van der Waals surface area (Å²) in [7, 11) is 0. The quantitative estimate of drug-likeness (QED) is 0.623. The van der Waals surface area contributed by atoms with Crippen molar-refractivity contribution < 1.29 is 14.0 Å². The molecule has 28 heavy (non-hydrogen) atoms. The molecule has 0 saturated carbocycles. The van der Waals surface area contributed by atoms with Crippen molar-refractivity contribution in [1.29, 1.82) is 0 Å². The van der Waals surface area contributed by atoms with Crippen LogP contribution in [0.2, 0.25) is 5.02 Å². The molecule has 0 saturated heterocycles. The number of fused-ring (bicyclic) bond motifs is 1. The first-order valence-corrected chi connectivity index (χ1v) is 10.3. The molecule has 1 aliphatic carbocycles. The molecule has 0 aliphatic heterocycles. The van der Waals surface area contributed by atoms with Gasteiger partial charge in [0.25, 0.3) is 5.91 Å². The fraction of sp³-hybridized carbons (Fsp3) is 0.286. The Morgan fingerprint density at radius 2 is 2.14 bits per heavy atom. The van der Waals surface area contributed by atoms with Gasteiger partial charge in [0, 0.05) is 40.9 Å². The standard InChI is InChI=1S/C21H19ClN2O3S/c1-11-6-7-13(9-15(11)22)8-14-10-23-21(28-14)24-20(26)19-12(2)18-16(25)4-3-5-17(18)27-19/h6-7,9-10H,3-5,8H2,1-2H3,(H,23,24,26). The van der Waals surface area contributed by atoms with Crippen molar-refractivity contribution in [2.24, 2.45) is 0 Å². The molecule has 7 heteroatoms. The molecule has 0 spiro atoms. The Morgan fingerprint density at radius 3 is 2.89 bits per heavy atom. The van der Waals surface area contributed by atoms with Crippen LogP contribution in [0.3, 0.4) is 0 Å². The van der Waals surface area contributed by atoms with E-state index in [9.17, 15) is 9.59 Å². The van der Waals surface area contributed by atoms with E-state index in [4.69, 9.17) is 16.0 Å². The number of amides is 1. The lowest BCUT2D eigenvalue weighted by atomic mass is 9.94. The third-order valence-electron chi connectivity index (χ3n) is 4.90. The molecule has 1 amide bonds. The number of nitrogens with one attached hydrogen (secondary N) is 1. The van der Waals surface area contributed by atoms with Gasteiger partial charge in [-0.3, -0.25) is 14.9 Å². The fourth-order valence-electron chi connectivity index (χ4n) is 3.41. The number of Topliss-reactive ketones (excluding diaryl/α,β-unsaturated/α-hetero) is 1. The van der Waals surface area contributed by atoms with Crippen molar-refractivity contribution in [3.63, 3.8) is 0 Å². The third kappa shape index (κ3) is 3.62. The maximum atomic E-state index is 12.6. The summed E-state index contributed by atoms with van der Waals surface area (Å²) in [6.45, 7) is 3.73. The minimum absolute atomic E-state index is 0.0508. The Balaban J connectivity index is 1.49. The van der Waals surface area contributed by atoms with Crippen LogP contribution in [0.15, 0.2) is 28.8 Å². The molecule has 0 atom stereocenters. The van der Waals surface area contributed by atoms with E-state index in [1.54, 1.807) is 13.1 Å². The SMILES string of the molecule is Cc1ccc(Cc2cnc(NC(=O)c3oc4c(c3C)C(=O)CCC4)s2)cc1Cl. The topological polar surface area (TPSA) is 72.2 Å². The van der Waals surface area contributed by atoms with E-state index in [1.807, 2.05) is 25.1 Å². The van der Waals surface area contributed by atoms with Gasteiger partial charge in [-0.15, -0.1) is 11.3 Å². The molecule has 0 bridgehead atoms. The summed E-state index contributed by atoms with van der Waals surface area (Å²) in [5.41, 5.74) is 3.32. The Morgan fingerprint density at radius 1 is 1.32 bits per heavy atom. The van der Waals surface area contributed by atoms with E-state index in [0.717, 1.165) is 27.4 Å². The molecule has 0 fully saturated rings. The first-order chi connectivity index (χ1) is 13.4. The van der Waals surface area contributed by atoms with Crippen LogP contribution in [0.25, 0.3) is 0 Å². The molecule has 0 radical (unpaired) electrons. The van der Waals surface area contributed by atoms with Gasteiger partial charge < -0.3 is 4.42 Å². The number of hydrogen-bond acceptors (Lipinski definition) is 5. The van der Waals surface area contributed by atoms with Crippen molar-refractivity contribution in [2.45, 2.75) is 39.5 Å². The smallest absolute Gasteiger partial charge is 0.293 e. The molecule has 4 rings (SSSR count). The molecule has 0 unspecified atom stereocenters. The number of benzene rings is 1. The van der Waals surface area contributed by atoms with Gasteiger partial charge in [-0.1, -0.05) is 23.7 Å². The lowest BCUT2D eigenvalue weighted by Gasteiger charge is -2.07. The van der Waals surface area contributed by atoms with Crippen LogP contribution in [0.5, 0.6) is 0 Å². The van der Waals surface area contributed by atoms with E-state index in [1.165, 1.54) is 11.3 Å². The summed E-state index contributed by atoms with van der Waals surface area (Å²) < 4.78 is 5.70. The summed E-state index contributed by atoms with van der Waals surface area (Å²) in [5.74, 6) is 0.492. The Labute approximate surface area is 171 Å². The summed E-state index contributed by atoms with van der Waals surface area (Å²) >= 11 is 7.59. The number of carbonyl (C=O) groups is 2. The summed E-state index contributed by atoms with van der Waals surface area (Å²) in [6, 6.07) is 5.97. The normalized spacial score (nSPS) is 13.5. The van der Waals surface area contributed by atoms with Crippen molar-refractivity contribution in [1.82, 2.24) is 4.98 Å². The second-order valence-corrected chi connectivity index (χ2v) is 8.50. The van der Waals surface area contributed by atoms with Crippen LogP contribution in [-0.2, 0) is 12.8 Å². The summed E-state index contributed by atoms with van der Waals surface area (Å²) in [6.07, 6.45) is 4.40. The van der Waals surface area contributed by atoms with Crippen LogP contribution < -0.4 is 5.32 Å². The number of aryl methyl sites for hydroxylation is 2. The Bertz CT molecular complexity index is 1080. The predicted molar refractivity (Wildman–Crippen MR) is 110 cm³/mol. The van der Waals surface area contributed by atoms with E-state index in [0.29, 0.717) is 41.3 Å². The molecule has 144 valence electrons. The van der Waals surface area contributed by atoms with Crippen molar-refractivity contribution >= 4 is 39.8 Å². The van der Waals surface area contributed by atoms with Crippen molar-refractivity contribution in [3.05, 3.63) is 68.1 Å². The zero-order chi connectivity index (χ0) is 19.8. The number of furan rings is 1. The predicted octanol–water partition coefficient (Wildman–Crippen LogP) is 5.37. The highest BCUT2D eigenvalue weighted by Crippen LogP contribution is 2.30. The first kappa shape index (κ1) is 18.9. The molecule has 5 nitrogen and oxygen atoms in total. The van der Waals surface area contributed by atoms with Gasteiger partial charge in [-0.05, 0) is 37.5 Å². The Kier molecular flexibility index (Phi) is 5.08. The average Bonchev–Trinajstić information content (AvgIpc) is 3.23. The third-order valence-corrected chi connectivity index (χ3v) is 6.22. The number of hydrogen-bond donors (Lipinski definition) is 1. The lowest BCUT2D eigenvalue weighted by molar-refractivity contribution is 0.0963. The lowest BCUT2D eigenvalue weighted by Crippen LogP contribution is -2.13. The van der Waals surface area contributed by atoms with Crippen LogP contribution in [0, 0.1) is 13.8 Å². The monoisotopic (exact) mass is 414 g/mol. The molecule has 2 aromatic heterocycles. The Hall–Kier alpha value is -2.44. The molecule has 1 aliphatic rings. The average molecular weight is 415 g/mol. The van der Waals surface area contributed by atoms with E-state index in [-0.39, 0.29) is 17.5 Å². The van der Waals surface area contributed by atoms with E-state index in [2.05, 4.69) is 10.3 Å². The first-order valence-electron chi connectivity index (χ1n) is 9.09. The summed E-state index contributed by atoms with van der Waals surface area (Å²) in [4.78, 5) is 30.1. The minimum atomic E-state index is -0.376. The van der Waals surface area contributed by atoms with Gasteiger partial charge in [0.1, 0.15) is 5.76 Å². The van der Waals surface area contributed by atoms with E-state index >= 15 is 0 Å². The number of rotatable bonds is 4. The second kappa shape index (κ2) is 7.53. The number of ketones is 1. The van der Waals surface area contributed by atoms with E-state index < -0.39 is 0 Å². The van der Waals surface area contributed by atoms with Gasteiger partial charge in [0.15, 0.2) is 16.7 Å². The largest absolute Gasteiger partial charge is 0.455 e. The number of thiazole rings is 1. The van der Waals surface area contributed by atoms with Crippen LogP contribution in [0.1, 0.15) is 61.1 Å². The zero-order valence-electron chi connectivity index (χ0n) is 15.6. The number of halogens is 1. The van der Waals surface area contributed by atoms with Crippen LogP contribution in [0.4, 0.5) is 5.13 Å². The maximum Gasteiger partial charge on any atom is 0.293 e. The van der Waals surface area contributed by atoms with Gasteiger partial charge >= 0.3 is 0 Å². The highest BCUT2D eigenvalue weighted by Gasteiger charge is 2.29. The van der Waals surface area contributed by atoms with Crippen molar-refractivity contribution in [2.75, 3.05) is 5.32 Å². The summed E-state index contributed by atoms with van der Waals surface area (Å²) in [5, 5.41) is 4.02. The zero-order valence-corrected chi connectivity index (χ0v) is 17.2. The molecular weight excluding hydrogens is 396 g/mol. The van der Waals surface area contributed by atoms with Gasteiger partial charge in [-0.25, -0.2) is 4.98 Å². The molecule has 1 N–H and O–H groups in total. The molecular formula is C21H19ClN2O3S. The number of carbonyl (C=O) groups excluding carboxylic acids is 2. The molecule has 1 aromatic carbocycles. The maximum absolute atomic E-state index is 12.6. The number of nitrogens with zero attached hydrogens (tertiary/aromatic N) is 1. The van der Waals surface area contributed by atoms with Crippen molar-refractivity contribution in [3.8, 4) is 0 Å². The minimum Gasteiger partial charge on any atom is -0.455 e. The number of aromatic nitrogens is 1. The van der Waals surface area contributed by atoms with Gasteiger partial charge in [-0.2, -0.15) is 0 Å². The highest BCUT2D eigenvalue weighted by atomic mass is 35.5. The second-order valence-electron chi connectivity index (χ2n) is 6.98. The fourth-order valence-corrected chi connectivity index (χ4v) is 4.46. The van der Waals surface area contributed by atoms with Gasteiger partial charge in [0.05, 0.1) is 5.56 Å². The molecule has 3 aromatic rings. The van der Waals surface area contributed by atoms with Crippen LogP contribution in [-0.4, -0.2) is 16.7 Å². The molecule has 2 heterocycles. The number of anilines is 1. The highest BCUT2D eigenvalue weighted by molar-refractivity contribution is 7.15. The van der Waals surface area contributed by atoms with Crippen LogP contribution >= 0.6 is 22.9 Å². The van der Waals surface area contributed by atoms with Gasteiger partial charge in [0.2, 0.25) is 0 Å².